The van der Waals surface area contributed by atoms with Gasteiger partial charge in [0.2, 0.25) is 5.91 Å². The number of nitrogens with zero attached hydrogens (tertiary/aromatic N) is 2. The SMILES string of the molecule is COC(=O)c1cc(CN(C)C(C)C(=O)N(C)C)oc1C. The number of aryl methyl sites for hydroxylation is 1. The average Bonchev–Trinajstić information content (AvgIpc) is 2.76. The first-order valence-electron chi connectivity index (χ1n) is 6.37. The van der Waals surface area contributed by atoms with Gasteiger partial charge in [-0.15, -0.1) is 0 Å². The number of methoxy groups -OCH3 is 1. The Kier molecular flexibility index (Phi) is 5.33. The summed E-state index contributed by atoms with van der Waals surface area (Å²) in [6.45, 7) is 3.99. The molecule has 1 aromatic heterocycles. The molecule has 112 valence electrons. The Morgan fingerprint density at radius 1 is 1.35 bits per heavy atom. The van der Waals surface area contributed by atoms with Crippen LogP contribution in [0.2, 0.25) is 0 Å². The third kappa shape index (κ3) is 3.60. The number of hydrogen-bond donors (Lipinski definition) is 0. The highest BCUT2D eigenvalue weighted by molar-refractivity contribution is 5.90. The summed E-state index contributed by atoms with van der Waals surface area (Å²) in [5.41, 5.74) is 0.419. The number of carbonyl (C=O) groups excluding carboxylic acids is 2. The monoisotopic (exact) mass is 282 g/mol. The van der Waals surface area contributed by atoms with Gasteiger partial charge in [-0.05, 0) is 27.0 Å². The fourth-order valence-electron chi connectivity index (χ4n) is 1.88. The highest BCUT2D eigenvalue weighted by Gasteiger charge is 2.22. The second-order valence-electron chi connectivity index (χ2n) is 5.00. The van der Waals surface area contributed by atoms with Gasteiger partial charge < -0.3 is 14.1 Å². The molecule has 0 saturated carbocycles. The number of hydrogen-bond acceptors (Lipinski definition) is 5. The lowest BCUT2D eigenvalue weighted by Gasteiger charge is -2.25. The Labute approximate surface area is 119 Å². The molecule has 0 saturated heterocycles. The zero-order chi connectivity index (χ0) is 15.4. The van der Waals surface area contributed by atoms with Crippen LogP contribution < -0.4 is 0 Å². The van der Waals surface area contributed by atoms with Gasteiger partial charge in [-0.25, -0.2) is 4.79 Å². The molecule has 0 radical (unpaired) electrons. The maximum absolute atomic E-state index is 11.9. The molecule has 0 aliphatic rings. The van der Waals surface area contributed by atoms with E-state index in [0.29, 0.717) is 23.6 Å². The molecule has 0 N–H and O–H groups in total. The topological polar surface area (TPSA) is 63.0 Å². The van der Waals surface area contributed by atoms with Gasteiger partial charge in [-0.1, -0.05) is 0 Å². The summed E-state index contributed by atoms with van der Waals surface area (Å²) in [7, 11) is 6.61. The molecule has 1 unspecified atom stereocenters. The van der Waals surface area contributed by atoms with E-state index < -0.39 is 5.97 Å². The molecule has 20 heavy (non-hydrogen) atoms. The number of likely N-dealkylation sites (N-methyl/N-ethyl adjacent to an activating group) is 2. The van der Waals surface area contributed by atoms with Gasteiger partial charge in [0.1, 0.15) is 17.1 Å². The van der Waals surface area contributed by atoms with Gasteiger partial charge in [-0.2, -0.15) is 0 Å². The molecule has 0 bridgehead atoms. The standard InChI is InChI=1S/C14H22N2O4/c1-9(13(17)15(3)4)16(5)8-11-7-12(10(2)20-11)14(18)19-6/h7,9H,8H2,1-6H3. The van der Waals surface area contributed by atoms with Crippen LogP contribution in [0.1, 0.15) is 28.8 Å². The van der Waals surface area contributed by atoms with E-state index in [2.05, 4.69) is 4.74 Å². The maximum atomic E-state index is 11.9. The van der Waals surface area contributed by atoms with Gasteiger partial charge in [0.15, 0.2) is 0 Å². The Morgan fingerprint density at radius 2 is 1.95 bits per heavy atom. The summed E-state index contributed by atoms with van der Waals surface area (Å²) < 4.78 is 10.2. The van der Waals surface area contributed by atoms with Crippen LogP contribution in [0.25, 0.3) is 0 Å². The maximum Gasteiger partial charge on any atom is 0.341 e. The molecule has 0 fully saturated rings. The van der Waals surface area contributed by atoms with Gasteiger partial charge in [-0.3, -0.25) is 9.69 Å². The van der Waals surface area contributed by atoms with Crippen LogP contribution in [-0.4, -0.2) is 56.0 Å². The van der Waals surface area contributed by atoms with E-state index in [4.69, 9.17) is 4.42 Å². The minimum atomic E-state index is -0.419. The second-order valence-corrected chi connectivity index (χ2v) is 5.00. The lowest BCUT2D eigenvalue weighted by Crippen LogP contribution is -2.42. The van der Waals surface area contributed by atoms with Crippen molar-refractivity contribution in [2.75, 3.05) is 28.3 Å². The number of ether oxygens (including phenoxy) is 1. The lowest BCUT2D eigenvalue weighted by molar-refractivity contribution is -0.133. The predicted octanol–water partition coefficient (Wildman–Crippen LogP) is 1.28. The van der Waals surface area contributed by atoms with Crippen molar-refractivity contribution < 1.29 is 18.7 Å². The number of carbonyl (C=O) groups is 2. The molecule has 1 rings (SSSR count). The Hall–Kier alpha value is -1.82. The molecule has 1 amide bonds. The first-order chi connectivity index (χ1) is 9.27. The van der Waals surface area contributed by atoms with Crippen LogP contribution in [0.15, 0.2) is 10.5 Å². The molecule has 1 atom stereocenters. The predicted molar refractivity (Wildman–Crippen MR) is 74.4 cm³/mol. The van der Waals surface area contributed by atoms with Crippen molar-refractivity contribution in [1.29, 1.82) is 0 Å². The van der Waals surface area contributed by atoms with Crippen molar-refractivity contribution in [3.63, 3.8) is 0 Å². The Balaban J connectivity index is 2.79. The molecule has 0 spiro atoms. The summed E-state index contributed by atoms with van der Waals surface area (Å²) in [5, 5.41) is 0. The molecule has 1 aromatic rings. The smallest absolute Gasteiger partial charge is 0.341 e. The summed E-state index contributed by atoms with van der Waals surface area (Å²) >= 11 is 0. The second kappa shape index (κ2) is 6.56. The Morgan fingerprint density at radius 3 is 2.45 bits per heavy atom. The van der Waals surface area contributed by atoms with E-state index in [1.54, 1.807) is 32.0 Å². The van der Waals surface area contributed by atoms with Crippen LogP contribution in [0.3, 0.4) is 0 Å². The molecule has 1 heterocycles. The minimum absolute atomic E-state index is 0.0176. The fourth-order valence-corrected chi connectivity index (χ4v) is 1.88. The van der Waals surface area contributed by atoms with Gasteiger partial charge in [0, 0.05) is 14.1 Å². The van der Waals surface area contributed by atoms with Gasteiger partial charge >= 0.3 is 5.97 Å². The van der Waals surface area contributed by atoms with Crippen molar-refractivity contribution >= 4 is 11.9 Å². The molecule has 0 aromatic carbocycles. The van der Waals surface area contributed by atoms with E-state index >= 15 is 0 Å². The first kappa shape index (κ1) is 16.2. The summed E-state index contributed by atoms with van der Waals surface area (Å²) in [6.07, 6.45) is 0. The normalized spacial score (nSPS) is 12.3. The van der Waals surface area contributed by atoms with E-state index in [0.717, 1.165) is 0 Å². The quantitative estimate of drug-likeness (QED) is 0.761. The van der Waals surface area contributed by atoms with Crippen molar-refractivity contribution in [2.45, 2.75) is 26.4 Å². The van der Waals surface area contributed by atoms with Crippen molar-refractivity contribution in [2.24, 2.45) is 0 Å². The van der Waals surface area contributed by atoms with Crippen LogP contribution in [0.5, 0.6) is 0 Å². The molecule has 0 aliphatic carbocycles. The van der Waals surface area contributed by atoms with Crippen molar-refractivity contribution in [3.05, 3.63) is 23.2 Å². The minimum Gasteiger partial charge on any atom is -0.465 e. The summed E-state index contributed by atoms with van der Waals surface area (Å²) in [4.78, 5) is 26.8. The van der Waals surface area contributed by atoms with Crippen LogP contribution in [-0.2, 0) is 16.1 Å². The van der Waals surface area contributed by atoms with E-state index in [1.165, 1.54) is 7.11 Å². The third-order valence-corrected chi connectivity index (χ3v) is 3.24. The number of esters is 1. The molecular formula is C14H22N2O4. The molecule has 6 heteroatoms. The van der Waals surface area contributed by atoms with Crippen molar-refractivity contribution in [3.8, 4) is 0 Å². The average molecular weight is 282 g/mol. The van der Waals surface area contributed by atoms with Crippen LogP contribution in [0.4, 0.5) is 0 Å². The lowest BCUT2D eigenvalue weighted by atomic mass is 10.2. The summed E-state index contributed by atoms with van der Waals surface area (Å²) in [5.74, 6) is 0.747. The first-order valence-corrected chi connectivity index (χ1v) is 6.37. The van der Waals surface area contributed by atoms with Crippen molar-refractivity contribution in [1.82, 2.24) is 9.80 Å². The molecule has 0 aliphatic heterocycles. The zero-order valence-corrected chi connectivity index (χ0v) is 12.9. The largest absolute Gasteiger partial charge is 0.465 e. The fraction of sp³-hybridized carbons (Fsp3) is 0.571. The number of furan rings is 1. The van der Waals surface area contributed by atoms with E-state index in [-0.39, 0.29) is 11.9 Å². The van der Waals surface area contributed by atoms with E-state index in [1.807, 2.05) is 18.9 Å². The summed E-state index contributed by atoms with van der Waals surface area (Å²) in [6, 6.07) is 1.39. The molecular weight excluding hydrogens is 260 g/mol. The number of amides is 1. The van der Waals surface area contributed by atoms with Gasteiger partial charge in [0.05, 0.1) is 19.7 Å². The molecule has 6 nitrogen and oxygen atoms in total. The third-order valence-electron chi connectivity index (χ3n) is 3.24. The van der Waals surface area contributed by atoms with Crippen LogP contribution in [0, 0.1) is 6.92 Å². The van der Waals surface area contributed by atoms with E-state index in [9.17, 15) is 9.59 Å². The zero-order valence-electron chi connectivity index (χ0n) is 12.9. The highest BCUT2D eigenvalue weighted by atomic mass is 16.5. The number of rotatable bonds is 5. The highest BCUT2D eigenvalue weighted by Crippen LogP contribution is 2.17. The van der Waals surface area contributed by atoms with Crippen LogP contribution >= 0.6 is 0 Å². The Bertz CT molecular complexity index is 493. The van der Waals surface area contributed by atoms with Gasteiger partial charge in [0.25, 0.3) is 0 Å².